The number of benzene rings is 3. The van der Waals surface area contributed by atoms with Crippen LogP contribution in [0.1, 0.15) is 19.6 Å². The van der Waals surface area contributed by atoms with Crippen molar-refractivity contribution in [1.82, 2.24) is 9.97 Å². The van der Waals surface area contributed by atoms with Crippen LogP contribution in [-0.2, 0) is 0 Å². The van der Waals surface area contributed by atoms with Gasteiger partial charge < -0.3 is 10.6 Å². The summed E-state index contributed by atoms with van der Waals surface area (Å²) in [7, 11) is 0. The molecule has 0 unspecified atom stereocenters. The lowest BCUT2D eigenvalue weighted by Crippen LogP contribution is -2.16. The Balaban J connectivity index is 1.38. The zero-order valence-electron chi connectivity index (χ0n) is 15.5. The molecule has 2 aromatic heterocycles. The van der Waals surface area contributed by atoms with Gasteiger partial charge in [-0.2, -0.15) is 0 Å². The number of carbonyl (C=O) groups is 2. The lowest BCUT2D eigenvalue weighted by Gasteiger charge is -2.10. The molecule has 0 aliphatic carbocycles. The highest BCUT2D eigenvalue weighted by Crippen LogP contribution is 2.27. The van der Waals surface area contributed by atoms with Crippen LogP contribution >= 0.6 is 22.7 Å². The topological polar surface area (TPSA) is 84.0 Å². The molecule has 2 N–H and O–H groups in total. The van der Waals surface area contributed by atoms with Gasteiger partial charge in [0.2, 0.25) is 0 Å². The van der Waals surface area contributed by atoms with E-state index < -0.39 is 0 Å². The second kappa shape index (κ2) is 7.66. The Labute approximate surface area is 179 Å². The van der Waals surface area contributed by atoms with Crippen molar-refractivity contribution in [3.63, 3.8) is 0 Å². The van der Waals surface area contributed by atoms with Gasteiger partial charge in [-0.25, -0.2) is 9.97 Å². The van der Waals surface area contributed by atoms with Crippen molar-refractivity contribution in [2.75, 3.05) is 10.6 Å². The van der Waals surface area contributed by atoms with Gasteiger partial charge in [-0.15, -0.1) is 22.7 Å². The molecule has 0 spiro atoms. The number of nitrogens with one attached hydrogen (secondary N) is 2. The van der Waals surface area contributed by atoms with Gasteiger partial charge in [0.25, 0.3) is 11.8 Å². The first kappa shape index (κ1) is 18.4. The molecule has 5 rings (SSSR count). The lowest BCUT2D eigenvalue weighted by molar-refractivity contribution is 0.101. The minimum atomic E-state index is -0.321. The average Bonchev–Trinajstić information content (AvgIpc) is 3.39. The molecule has 5 aromatic rings. The third-order valence-electron chi connectivity index (χ3n) is 4.40. The van der Waals surface area contributed by atoms with E-state index >= 15 is 0 Å². The van der Waals surface area contributed by atoms with Crippen LogP contribution in [0.15, 0.2) is 72.8 Å². The number of aromatic nitrogens is 2. The maximum atomic E-state index is 12.7. The van der Waals surface area contributed by atoms with Gasteiger partial charge in [0.1, 0.15) is 0 Å². The van der Waals surface area contributed by atoms with Gasteiger partial charge >= 0.3 is 0 Å². The SMILES string of the molecule is O=C(Nc1ccccc1NC(=O)c1nc2ccccc2s1)c1nc2ccccc2s1. The van der Waals surface area contributed by atoms with E-state index in [4.69, 9.17) is 0 Å². The highest BCUT2D eigenvalue weighted by Gasteiger charge is 2.17. The van der Waals surface area contributed by atoms with Crippen LogP contribution in [0.5, 0.6) is 0 Å². The van der Waals surface area contributed by atoms with Gasteiger partial charge in [0.15, 0.2) is 10.0 Å². The van der Waals surface area contributed by atoms with Crippen molar-refractivity contribution in [1.29, 1.82) is 0 Å². The molecule has 30 heavy (non-hydrogen) atoms. The minimum absolute atomic E-state index is 0.321. The fourth-order valence-corrected chi connectivity index (χ4v) is 4.71. The third-order valence-corrected chi connectivity index (χ3v) is 6.47. The highest BCUT2D eigenvalue weighted by atomic mass is 32.1. The number of para-hydroxylation sites is 4. The first-order valence-electron chi connectivity index (χ1n) is 9.10. The Morgan fingerprint density at radius 3 is 1.43 bits per heavy atom. The monoisotopic (exact) mass is 430 g/mol. The minimum Gasteiger partial charge on any atom is -0.318 e. The van der Waals surface area contributed by atoms with Crippen molar-refractivity contribution < 1.29 is 9.59 Å². The summed E-state index contributed by atoms with van der Waals surface area (Å²) in [6.07, 6.45) is 0. The molecule has 2 amide bonds. The zero-order chi connectivity index (χ0) is 20.5. The molecule has 0 saturated carbocycles. The predicted octanol–water partition coefficient (Wildman–Crippen LogP) is 5.41. The van der Waals surface area contributed by atoms with Gasteiger partial charge in [0.05, 0.1) is 31.8 Å². The first-order valence-corrected chi connectivity index (χ1v) is 10.7. The standard InChI is InChI=1S/C22H14N4O2S2/c27-19(21-25-15-9-3-5-11-17(15)29-21)23-13-7-1-2-8-14(13)24-20(28)22-26-16-10-4-6-12-18(16)30-22/h1-12H,(H,23,27)(H,24,28). The molecular formula is C22H14N4O2S2. The van der Waals surface area contributed by atoms with Crippen LogP contribution in [0, 0.1) is 0 Å². The van der Waals surface area contributed by atoms with Crippen LogP contribution in [-0.4, -0.2) is 21.8 Å². The summed E-state index contributed by atoms with van der Waals surface area (Å²) in [5.41, 5.74) is 2.56. The lowest BCUT2D eigenvalue weighted by atomic mass is 10.2. The van der Waals surface area contributed by atoms with Gasteiger partial charge in [-0.3, -0.25) is 9.59 Å². The molecule has 0 aliphatic rings. The van der Waals surface area contributed by atoms with E-state index in [0.29, 0.717) is 21.4 Å². The van der Waals surface area contributed by atoms with E-state index in [9.17, 15) is 9.59 Å². The maximum Gasteiger partial charge on any atom is 0.284 e. The molecule has 0 aliphatic heterocycles. The van der Waals surface area contributed by atoms with Crippen molar-refractivity contribution in [3.8, 4) is 0 Å². The van der Waals surface area contributed by atoms with Crippen molar-refractivity contribution in [3.05, 3.63) is 82.8 Å². The Morgan fingerprint density at radius 1 is 0.600 bits per heavy atom. The van der Waals surface area contributed by atoms with Crippen LogP contribution in [0.25, 0.3) is 20.4 Å². The van der Waals surface area contributed by atoms with Crippen molar-refractivity contribution >= 4 is 66.3 Å². The Hall–Kier alpha value is -3.62. The van der Waals surface area contributed by atoms with Crippen LogP contribution in [0.2, 0.25) is 0 Å². The molecule has 0 fully saturated rings. The van der Waals surface area contributed by atoms with Gasteiger partial charge in [-0.05, 0) is 36.4 Å². The number of anilines is 2. The Bertz CT molecular complexity index is 1230. The highest BCUT2D eigenvalue weighted by molar-refractivity contribution is 7.20. The number of hydrogen-bond acceptors (Lipinski definition) is 6. The number of rotatable bonds is 4. The predicted molar refractivity (Wildman–Crippen MR) is 122 cm³/mol. The number of fused-ring (bicyclic) bond motifs is 2. The van der Waals surface area contributed by atoms with Crippen molar-refractivity contribution in [2.24, 2.45) is 0 Å². The zero-order valence-corrected chi connectivity index (χ0v) is 17.1. The van der Waals surface area contributed by atoms with Crippen molar-refractivity contribution in [2.45, 2.75) is 0 Å². The molecule has 0 bridgehead atoms. The summed E-state index contributed by atoms with van der Waals surface area (Å²) < 4.78 is 1.89. The first-order chi connectivity index (χ1) is 14.7. The van der Waals surface area contributed by atoms with Gasteiger partial charge in [-0.1, -0.05) is 36.4 Å². The molecule has 3 aromatic carbocycles. The number of thiazole rings is 2. The summed E-state index contributed by atoms with van der Waals surface area (Å²) in [6.45, 7) is 0. The van der Waals surface area contributed by atoms with E-state index in [1.54, 1.807) is 24.3 Å². The molecular weight excluding hydrogens is 416 g/mol. The van der Waals surface area contributed by atoms with Gasteiger partial charge in [0, 0.05) is 0 Å². The number of amides is 2. The molecule has 8 heteroatoms. The molecule has 0 atom stereocenters. The van der Waals surface area contributed by atoms with E-state index in [-0.39, 0.29) is 11.8 Å². The summed E-state index contributed by atoms with van der Waals surface area (Å²) in [5, 5.41) is 6.43. The van der Waals surface area contributed by atoms with Crippen LogP contribution < -0.4 is 10.6 Å². The fourth-order valence-electron chi connectivity index (χ4n) is 2.99. The normalized spacial score (nSPS) is 10.9. The number of carbonyl (C=O) groups excluding carboxylic acids is 2. The smallest absolute Gasteiger partial charge is 0.284 e. The third kappa shape index (κ3) is 3.54. The van der Waals surface area contributed by atoms with E-state index in [0.717, 1.165) is 20.4 Å². The second-order valence-corrected chi connectivity index (χ2v) is 8.49. The summed E-state index contributed by atoms with van der Waals surface area (Å²) in [6, 6.07) is 22.2. The Kier molecular flexibility index (Phi) is 4.70. The summed E-state index contributed by atoms with van der Waals surface area (Å²) in [5.74, 6) is -0.643. The average molecular weight is 431 g/mol. The number of nitrogens with zero attached hydrogens (tertiary/aromatic N) is 2. The van der Waals surface area contributed by atoms with E-state index in [1.165, 1.54) is 22.7 Å². The molecule has 146 valence electrons. The van der Waals surface area contributed by atoms with E-state index in [2.05, 4.69) is 20.6 Å². The molecule has 6 nitrogen and oxygen atoms in total. The second-order valence-electron chi connectivity index (χ2n) is 6.43. The van der Waals surface area contributed by atoms with Crippen LogP contribution in [0.3, 0.4) is 0 Å². The molecule has 0 radical (unpaired) electrons. The summed E-state index contributed by atoms with van der Waals surface area (Å²) >= 11 is 2.65. The van der Waals surface area contributed by atoms with Crippen LogP contribution in [0.4, 0.5) is 11.4 Å². The number of hydrogen-bond donors (Lipinski definition) is 2. The van der Waals surface area contributed by atoms with E-state index in [1.807, 2.05) is 48.5 Å². The summed E-state index contributed by atoms with van der Waals surface area (Å²) in [4.78, 5) is 34.2. The molecule has 2 heterocycles. The quantitative estimate of drug-likeness (QED) is 0.399. The fraction of sp³-hybridized carbons (Fsp3) is 0. The maximum absolute atomic E-state index is 12.7. The molecule has 0 saturated heterocycles. The Morgan fingerprint density at radius 2 is 1.00 bits per heavy atom. The largest absolute Gasteiger partial charge is 0.318 e.